The summed E-state index contributed by atoms with van der Waals surface area (Å²) in [6.07, 6.45) is 10.8. The molecule has 0 aliphatic rings. The molecule has 70 valence electrons. The Hall–Kier alpha value is -1.78. The average molecular weight is 183 g/mol. The highest BCUT2D eigenvalue weighted by atomic mass is 14.5. The van der Waals surface area contributed by atoms with Crippen LogP contribution in [0, 0.1) is 12.3 Å². The number of terminal acetylenes is 1. The van der Waals surface area contributed by atoms with E-state index in [9.17, 15) is 0 Å². The van der Waals surface area contributed by atoms with Crippen molar-refractivity contribution in [3.63, 3.8) is 0 Å². The molecule has 1 heteroatoms. The summed E-state index contributed by atoms with van der Waals surface area (Å²) in [6, 6.07) is 9.98. The summed E-state index contributed by atoms with van der Waals surface area (Å²) in [5, 5.41) is 0. The van der Waals surface area contributed by atoms with Crippen LogP contribution in [0.25, 0.3) is 5.57 Å². The number of nitrogens with two attached hydrogens (primary N) is 1. The largest absolute Gasteiger partial charge is 0.327 e. The van der Waals surface area contributed by atoms with Gasteiger partial charge in [0.05, 0.1) is 0 Å². The summed E-state index contributed by atoms with van der Waals surface area (Å²) in [6.45, 7) is 0.523. The Balaban J connectivity index is 2.97. The highest BCUT2D eigenvalue weighted by Crippen LogP contribution is 2.14. The van der Waals surface area contributed by atoms with E-state index in [0.29, 0.717) is 6.54 Å². The molecule has 2 N–H and O–H groups in total. The number of hydrogen-bond acceptors (Lipinski definition) is 1. The molecule has 0 unspecified atom stereocenters. The minimum Gasteiger partial charge on any atom is -0.327 e. The van der Waals surface area contributed by atoms with E-state index >= 15 is 0 Å². The van der Waals surface area contributed by atoms with E-state index in [1.807, 2.05) is 42.5 Å². The molecule has 1 rings (SSSR count). The first kappa shape index (κ1) is 10.3. The van der Waals surface area contributed by atoms with Crippen molar-refractivity contribution in [1.29, 1.82) is 0 Å². The first-order chi connectivity index (χ1) is 6.88. The van der Waals surface area contributed by atoms with Crippen LogP contribution in [0.3, 0.4) is 0 Å². The molecular weight excluding hydrogens is 170 g/mol. The molecule has 0 aromatic heterocycles. The minimum absolute atomic E-state index is 0.523. The molecule has 1 nitrogen and oxygen atoms in total. The van der Waals surface area contributed by atoms with Crippen LogP contribution in [0.15, 0.2) is 48.6 Å². The molecule has 1 aromatic carbocycles. The molecule has 0 aliphatic heterocycles. The van der Waals surface area contributed by atoms with Gasteiger partial charge < -0.3 is 5.73 Å². The van der Waals surface area contributed by atoms with Gasteiger partial charge in [-0.25, -0.2) is 0 Å². The summed E-state index contributed by atoms with van der Waals surface area (Å²) < 4.78 is 0. The highest BCUT2D eigenvalue weighted by Gasteiger charge is 1.94. The Morgan fingerprint density at radius 2 is 2.07 bits per heavy atom. The molecule has 0 saturated carbocycles. The van der Waals surface area contributed by atoms with E-state index in [-0.39, 0.29) is 0 Å². The van der Waals surface area contributed by atoms with Gasteiger partial charge in [-0.1, -0.05) is 48.4 Å². The fraction of sp³-hybridized carbons (Fsp3) is 0.0769. The monoisotopic (exact) mass is 183 g/mol. The zero-order valence-electron chi connectivity index (χ0n) is 7.98. The van der Waals surface area contributed by atoms with Crippen molar-refractivity contribution >= 4 is 5.57 Å². The molecule has 0 fully saturated rings. The van der Waals surface area contributed by atoms with E-state index < -0.39 is 0 Å². The van der Waals surface area contributed by atoms with Gasteiger partial charge in [0, 0.05) is 6.54 Å². The zero-order chi connectivity index (χ0) is 10.2. The quantitative estimate of drug-likeness (QED) is 0.564. The van der Waals surface area contributed by atoms with Crippen LogP contribution in [0.1, 0.15) is 5.56 Å². The summed E-state index contributed by atoms with van der Waals surface area (Å²) in [5.41, 5.74) is 7.50. The van der Waals surface area contributed by atoms with Crippen LogP contribution in [0.2, 0.25) is 0 Å². The average Bonchev–Trinajstić information content (AvgIpc) is 2.25. The lowest BCUT2D eigenvalue weighted by atomic mass is 10.1. The lowest BCUT2D eigenvalue weighted by Gasteiger charge is -1.99. The van der Waals surface area contributed by atoms with E-state index in [1.54, 1.807) is 6.08 Å². The molecule has 0 aliphatic carbocycles. The van der Waals surface area contributed by atoms with Gasteiger partial charge in [-0.3, -0.25) is 0 Å². The molecule has 0 radical (unpaired) electrons. The second kappa shape index (κ2) is 5.80. The maximum absolute atomic E-state index is 5.39. The minimum atomic E-state index is 0.523. The van der Waals surface area contributed by atoms with Crippen molar-refractivity contribution in [2.75, 3.05) is 6.54 Å². The first-order valence-electron chi connectivity index (χ1n) is 4.47. The van der Waals surface area contributed by atoms with Gasteiger partial charge in [-0.15, -0.1) is 6.42 Å². The van der Waals surface area contributed by atoms with Crippen molar-refractivity contribution in [2.45, 2.75) is 0 Å². The van der Waals surface area contributed by atoms with Crippen LogP contribution >= 0.6 is 0 Å². The van der Waals surface area contributed by atoms with Gasteiger partial charge in [-0.05, 0) is 17.2 Å². The van der Waals surface area contributed by atoms with Crippen molar-refractivity contribution < 1.29 is 0 Å². The summed E-state index contributed by atoms with van der Waals surface area (Å²) in [4.78, 5) is 0. The molecule has 1 aromatic rings. The third-order valence-corrected chi connectivity index (χ3v) is 1.78. The second-order valence-corrected chi connectivity index (χ2v) is 2.77. The van der Waals surface area contributed by atoms with Crippen LogP contribution in [0.5, 0.6) is 0 Å². The summed E-state index contributed by atoms with van der Waals surface area (Å²) >= 11 is 0. The third-order valence-electron chi connectivity index (χ3n) is 1.78. The van der Waals surface area contributed by atoms with E-state index in [0.717, 1.165) is 11.1 Å². The van der Waals surface area contributed by atoms with Crippen LogP contribution in [0.4, 0.5) is 0 Å². The Bertz CT molecular complexity index is 366. The molecule has 0 amide bonds. The molecule has 0 heterocycles. The third kappa shape index (κ3) is 2.93. The van der Waals surface area contributed by atoms with Gasteiger partial charge >= 0.3 is 0 Å². The van der Waals surface area contributed by atoms with E-state index in [1.165, 1.54) is 0 Å². The van der Waals surface area contributed by atoms with Gasteiger partial charge in [-0.2, -0.15) is 0 Å². The van der Waals surface area contributed by atoms with Gasteiger partial charge in [0.25, 0.3) is 0 Å². The fourth-order valence-electron chi connectivity index (χ4n) is 1.14. The lowest BCUT2D eigenvalue weighted by molar-refractivity contribution is 1.26. The number of hydrogen-bond donors (Lipinski definition) is 1. The summed E-state index contributed by atoms with van der Waals surface area (Å²) in [7, 11) is 0. The van der Waals surface area contributed by atoms with Crippen LogP contribution in [-0.4, -0.2) is 6.54 Å². The van der Waals surface area contributed by atoms with Crippen LogP contribution in [-0.2, 0) is 0 Å². The molecule has 0 saturated heterocycles. The SMILES string of the molecule is C#C/C=C(\C=C/CN)c1ccccc1. The van der Waals surface area contributed by atoms with Crippen molar-refractivity contribution in [3.05, 3.63) is 54.1 Å². The van der Waals surface area contributed by atoms with Gasteiger partial charge in [0.2, 0.25) is 0 Å². The van der Waals surface area contributed by atoms with E-state index in [2.05, 4.69) is 5.92 Å². The number of allylic oxidation sites excluding steroid dienone is 3. The molecule has 14 heavy (non-hydrogen) atoms. The smallest absolute Gasteiger partial charge is 0.0110 e. The lowest BCUT2D eigenvalue weighted by Crippen LogP contribution is -1.92. The predicted molar refractivity (Wildman–Crippen MR) is 61.4 cm³/mol. The van der Waals surface area contributed by atoms with E-state index in [4.69, 9.17) is 12.2 Å². The van der Waals surface area contributed by atoms with Gasteiger partial charge in [0.15, 0.2) is 0 Å². The Kier molecular flexibility index (Phi) is 4.26. The maximum Gasteiger partial charge on any atom is 0.0110 e. The number of rotatable bonds is 3. The standard InChI is InChI=1S/C13H13N/c1-2-7-12(10-6-11-14)13-8-4-3-5-9-13/h1,3-10H,11,14H2/b10-6-,12-7+. The predicted octanol–water partition coefficient (Wildman–Crippen LogP) is 2.22. The molecule has 0 atom stereocenters. The van der Waals surface area contributed by atoms with Gasteiger partial charge in [0.1, 0.15) is 0 Å². The number of benzene rings is 1. The first-order valence-corrected chi connectivity index (χ1v) is 4.47. The van der Waals surface area contributed by atoms with Crippen molar-refractivity contribution in [1.82, 2.24) is 0 Å². The fourth-order valence-corrected chi connectivity index (χ4v) is 1.14. The Morgan fingerprint density at radius 3 is 2.64 bits per heavy atom. The second-order valence-electron chi connectivity index (χ2n) is 2.77. The van der Waals surface area contributed by atoms with Crippen molar-refractivity contribution in [3.8, 4) is 12.3 Å². The molecular formula is C13H13N. The highest BCUT2D eigenvalue weighted by molar-refractivity contribution is 5.75. The topological polar surface area (TPSA) is 26.0 Å². The zero-order valence-corrected chi connectivity index (χ0v) is 7.98. The summed E-state index contributed by atoms with van der Waals surface area (Å²) in [5.74, 6) is 2.52. The van der Waals surface area contributed by atoms with Crippen LogP contribution < -0.4 is 5.73 Å². The maximum atomic E-state index is 5.39. The molecule has 0 bridgehead atoms. The Labute approximate surface area is 84.9 Å². The molecule has 0 spiro atoms. The van der Waals surface area contributed by atoms with Crippen molar-refractivity contribution in [2.24, 2.45) is 5.73 Å². The normalized spacial score (nSPS) is 11.6. The Morgan fingerprint density at radius 1 is 1.36 bits per heavy atom.